The molecule has 0 bridgehead atoms. The standard InChI is InChI=1S/C14H24N4O/c1-3-18(12-7-5-4-6-11(12)10-15)14(19)13-16-8-9-17(13)2/h8-9,11-12H,3-7,10,15H2,1-2H3. The van der Waals surface area contributed by atoms with Gasteiger partial charge < -0.3 is 15.2 Å². The third kappa shape index (κ3) is 2.81. The van der Waals surface area contributed by atoms with E-state index < -0.39 is 0 Å². The molecule has 1 aromatic rings. The summed E-state index contributed by atoms with van der Waals surface area (Å²) in [6, 6.07) is 0.271. The maximum Gasteiger partial charge on any atom is 0.290 e. The van der Waals surface area contributed by atoms with Crippen LogP contribution in [0.15, 0.2) is 12.4 Å². The van der Waals surface area contributed by atoms with Gasteiger partial charge in [0.15, 0.2) is 5.82 Å². The predicted molar refractivity (Wildman–Crippen MR) is 74.7 cm³/mol. The maximum atomic E-state index is 12.6. The first-order valence-corrected chi connectivity index (χ1v) is 7.17. The minimum Gasteiger partial charge on any atom is -0.333 e. The summed E-state index contributed by atoms with van der Waals surface area (Å²) in [5.74, 6) is 0.974. The van der Waals surface area contributed by atoms with E-state index >= 15 is 0 Å². The first kappa shape index (κ1) is 14.1. The molecule has 5 heteroatoms. The lowest BCUT2D eigenvalue weighted by atomic mass is 9.83. The van der Waals surface area contributed by atoms with E-state index in [-0.39, 0.29) is 11.9 Å². The van der Waals surface area contributed by atoms with Gasteiger partial charge in [-0.3, -0.25) is 4.79 Å². The number of amides is 1. The van der Waals surface area contributed by atoms with Crippen molar-refractivity contribution in [3.8, 4) is 0 Å². The number of hydrogen-bond acceptors (Lipinski definition) is 3. The first-order valence-electron chi connectivity index (χ1n) is 7.17. The summed E-state index contributed by atoms with van der Waals surface area (Å²) in [7, 11) is 1.86. The highest BCUT2D eigenvalue weighted by Gasteiger charge is 2.32. The van der Waals surface area contributed by atoms with Crippen molar-refractivity contribution in [1.82, 2.24) is 14.5 Å². The summed E-state index contributed by atoms with van der Waals surface area (Å²) in [4.78, 5) is 18.7. The summed E-state index contributed by atoms with van der Waals surface area (Å²) in [6.45, 7) is 3.41. The van der Waals surface area contributed by atoms with Gasteiger partial charge in [-0.15, -0.1) is 0 Å². The molecule has 1 aliphatic rings. The number of nitrogens with zero attached hydrogens (tertiary/aromatic N) is 3. The molecule has 1 aliphatic carbocycles. The number of nitrogens with two attached hydrogens (primary N) is 1. The molecule has 1 fully saturated rings. The van der Waals surface area contributed by atoms with Crippen molar-refractivity contribution in [1.29, 1.82) is 0 Å². The molecule has 1 saturated carbocycles. The average Bonchev–Trinajstić information content (AvgIpc) is 2.86. The Morgan fingerprint density at radius 3 is 2.84 bits per heavy atom. The van der Waals surface area contributed by atoms with Crippen molar-refractivity contribution in [3.63, 3.8) is 0 Å². The molecule has 0 aromatic carbocycles. The fourth-order valence-corrected chi connectivity index (χ4v) is 3.10. The van der Waals surface area contributed by atoms with Crippen LogP contribution >= 0.6 is 0 Å². The maximum absolute atomic E-state index is 12.6. The minimum absolute atomic E-state index is 0.0281. The van der Waals surface area contributed by atoms with Gasteiger partial charge in [-0.05, 0) is 32.2 Å². The summed E-state index contributed by atoms with van der Waals surface area (Å²) >= 11 is 0. The molecule has 5 nitrogen and oxygen atoms in total. The Labute approximate surface area is 114 Å². The predicted octanol–water partition coefficient (Wildman–Crippen LogP) is 1.40. The second kappa shape index (κ2) is 6.19. The number of carbonyl (C=O) groups is 1. The average molecular weight is 264 g/mol. The molecule has 2 unspecified atom stereocenters. The number of aryl methyl sites for hydroxylation is 1. The van der Waals surface area contributed by atoms with Gasteiger partial charge in [0.2, 0.25) is 0 Å². The van der Waals surface area contributed by atoms with E-state index in [2.05, 4.69) is 4.98 Å². The fourth-order valence-electron chi connectivity index (χ4n) is 3.10. The van der Waals surface area contributed by atoms with E-state index in [1.54, 1.807) is 10.8 Å². The molecule has 0 aliphatic heterocycles. The Morgan fingerprint density at radius 2 is 2.26 bits per heavy atom. The minimum atomic E-state index is 0.0281. The van der Waals surface area contributed by atoms with E-state index in [0.29, 0.717) is 24.8 Å². The molecule has 0 spiro atoms. The lowest BCUT2D eigenvalue weighted by Gasteiger charge is -2.39. The summed E-state index contributed by atoms with van der Waals surface area (Å²) in [5.41, 5.74) is 5.88. The largest absolute Gasteiger partial charge is 0.333 e. The lowest BCUT2D eigenvalue weighted by Crippen LogP contribution is -2.48. The van der Waals surface area contributed by atoms with Crippen LogP contribution in [-0.4, -0.2) is 39.5 Å². The Morgan fingerprint density at radius 1 is 1.53 bits per heavy atom. The van der Waals surface area contributed by atoms with Crippen LogP contribution in [0.4, 0.5) is 0 Å². The van der Waals surface area contributed by atoms with Gasteiger partial charge in [0, 0.05) is 32.0 Å². The van der Waals surface area contributed by atoms with E-state index in [9.17, 15) is 4.79 Å². The van der Waals surface area contributed by atoms with Gasteiger partial charge in [0.25, 0.3) is 5.91 Å². The molecule has 0 radical (unpaired) electrons. The van der Waals surface area contributed by atoms with E-state index in [1.807, 2.05) is 25.1 Å². The summed E-state index contributed by atoms with van der Waals surface area (Å²) in [5, 5.41) is 0. The lowest BCUT2D eigenvalue weighted by molar-refractivity contribution is 0.0544. The zero-order valence-corrected chi connectivity index (χ0v) is 11.9. The Hall–Kier alpha value is -1.36. The van der Waals surface area contributed by atoms with Gasteiger partial charge >= 0.3 is 0 Å². The molecule has 0 saturated heterocycles. The quantitative estimate of drug-likeness (QED) is 0.894. The number of hydrogen-bond donors (Lipinski definition) is 1. The number of rotatable bonds is 4. The Bertz CT molecular complexity index is 429. The van der Waals surface area contributed by atoms with Gasteiger partial charge in [0.1, 0.15) is 0 Å². The highest BCUT2D eigenvalue weighted by atomic mass is 16.2. The number of imidazole rings is 1. The van der Waals surface area contributed by atoms with Crippen molar-refractivity contribution in [2.75, 3.05) is 13.1 Å². The summed E-state index contributed by atoms with van der Waals surface area (Å²) < 4.78 is 1.78. The highest BCUT2D eigenvalue weighted by molar-refractivity contribution is 5.91. The van der Waals surface area contributed by atoms with Crippen molar-refractivity contribution in [2.24, 2.45) is 18.7 Å². The van der Waals surface area contributed by atoms with Gasteiger partial charge in [-0.2, -0.15) is 0 Å². The van der Waals surface area contributed by atoms with Crippen LogP contribution in [-0.2, 0) is 7.05 Å². The SMILES string of the molecule is CCN(C(=O)c1nccn1C)C1CCCCC1CN. The normalized spacial score (nSPS) is 23.3. The van der Waals surface area contributed by atoms with Gasteiger partial charge in [-0.25, -0.2) is 4.98 Å². The third-order valence-corrected chi connectivity index (χ3v) is 4.19. The van der Waals surface area contributed by atoms with Crippen LogP contribution in [0.1, 0.15) is 43.2 Å². The molecule has 19 heavy (non-hydrogen) atoms. The van der Waals surface area contributed by atoms with Crippen LogP contribution in [0.25, 0.3) is 0 Å². The zero-order chi connectivity index (χ0) is 13.8. The van der Waals surface area contributed by atoms with Gasteiger partial charge in [-0.1, -0.05) is 12.8 Å². The van der Waals surface area contributed by atoms with Crippen molar-refractivity contribution < 1.29 is 4.79 Å². The van der Waals surface area contributed by atoms with E-state index in [0.717, 1.165) is 12.8 Å². The molecule has 1 amide bonds. The number of carbonyl (C=O) groups excluding carboxylic acids is 1. The van der Waals surface area contributed by atoms with E-state index in [4.69, 9.17) is 5.73 Å². The van der Waals surface area contributed by atoms with Crippen molar-refractivity contribution in [2.45, 2.75) is 38.6 Å². The van der Waals surface area contributed by atoms with Crippen molar-refractivity contribution >= 4 is 5.91 Å². The summed E-state index contributed by atoms with van der Waals surface area (Å²) in [6.07, 6.45) is 8.08. The van der Waals surface area contributed by atoms with Crippen LogP contribution in [0.2, 0.25) is 0 Å². The second-order valence-electron chi connectivity index (χ2n) is 5.30. The van der Waals surface area contributed by atoms with Crippen LogP contribution < -0.4 is 5.73 Å². The van der Waals surface area contributed by atoms with Gasteiger partial charge in [0.05, 0.1) is 0 Å². The number of aromatic nitrogens is 2. The van der Waals surface area contributed by atoms with Crippen LogP contribution in [0, 0.1) is 5.92 Å². The monoisotopic (exact) mass is 264 g/mol. The Balaban J connectivity index is 2.19. The fraction of sp³-hybridized carbons (Fsp3) is 0.714. The Kier molecular flexibility index (Phi) is 4.58. The zero-order valence-electron chi connectivity index (χ0n) is 11.9. The smallest absolute Gasteiger partial charge is 0.290 e. The molecule has 2 rings (SSSR count). The molecule has 2 N–H and O–H groups in total. The molecule has 106 valence electrons. The van der Waals surface area contributed by atoms with E-state index in [1.165, 1.54) is 12.8 Å². The third-order valence-electron chi connectivity index (χ3n) is 4.19. The molecular weight excluding hydrogens is 240 g/mol. The highest BCUT2D eigenvalue weighted by Crippen LogP contribution is 2.28. The molecule has 2 atom stereocenters. The first-order chi connectivity index (χ1) is 9.19. The van der Waals surface area contributed by atoms with Crippen molar-refractivity contribution in [3.05, 3.63) is 18.2 Å². The molecule has 1 heterocycles. The second-order valence-corrected chi connectivity index (χ2v) is 5.30. The molecular formula is C14H24N4O. The van der Waals surface area contributed by atoms with Crippen LogP contribution in [0.5, 0.6) is 0 Å². The topological polar surface area (TPSA) is 64.2 Å². The molecule has 1 aromatic heterocycles. The van der Waals surface area contributed by atoms with Crippen LogP contribution in [0.3, 0.4) is 0 Å².